The van der Waals surface area contributed by atoms with Crippen LogP contribution in [0.2, 0.25) is 0 Å². The molecule has 21 heavy (non-hydrogen) atoms. The molecule has 3 heteroatoms. The Morgan fingerprint density at radius 3 is 1.48 bits per heavy atom. The maximum Gasteiger partial charge on any atom is 0.0223 e. The van der Waals surface area contributed by atoms with Crippen LogP contribution < -0.4 is 5.73 Å². The van der Waals surface area contributed by atoms with E-state index in [1.165, 1.54) is 89.9 Å². The second kappa shape index (κ2) is 20.7. The second-order valence-corrected chi connectivity index (χ2v) is 6.65. The van der Waals surface area contributed by atoms with Gasteiger partial charge in [-0.2, -0.15) is 0 Å². The molecule has 0 saturated heterocycles. The third-order valence-corrected chi connectivity index (χ3v) is 4.40. The normalized spacial score (nSPS) is 12.1. The van der Waals surface area contributed by atoms with Gasteiger partial charge in [0.25, 0.3) is 0 Å². The van der Waals surface area contributed by atoms with Crippen LogP contribution in [0.5, 0.6) is 0 Å². The van der Waals surface area contributed by atoms with Gasteiger partial charge in [0.15, 0.2) is 0 Å². The number of hydrogen-bond acceptors (Lipinski definition) is 1. The molecule has 0 amide bonds. The maximum atomic E-state index is 6.16. The Bertz CT molecular complexity index is 179. The molecule has 0 aliphatic carbocycles. The summed E-state index contributed by atoms with van der Waals surface area (Å²) in [4.78, 5) is 0. The fraction of sp³-hybridized carbons (Fsp3) is 1.00. The Labute approximate surface area is 149 Å². The van der Waals surface area contributed by atoms with E-state index in [2.05, 4.69) is 6.92 Å². The summed E-state index contributed by atoms with van der Waals surface area (Å²) in [7, 11) is 0. The van der Waals surface area contributed by atoms with E-state index < -0.39 is 0 Å². The highest BCUT2D eigenvalue weighted by atomic mass is 79.9. The van der Waals surface area contributed by atoms with Crippen LogP contribution in [-0.2, 0) is 0 Å². The van der Waals surface area contributed by atoms with Gasteiger partial charge < -0.3 is 5.73 Å². The van der Waals surface area contributed by atoms with E-state index in [0.717, 1.165) is 12.3 Å². The average Bonchev–Trinajstić information content (AvgIpc) is 2.45. The minimum atomic E-state index is 0. The minimum absolute atomic E-state index is 0. The molecule has 2 N–H and O–H groups in total. The Hall–Kier alpha value is 0.730. The molecule has 0 fully saturated rings. The Morgan fingerprint density at radius 1 is 0.667 bits per heavy atom. The van der Waals surface area contributed by atoms with Crippen molar-refractivity contribution >= 4 is 28.6 Å². The molecule has 0 rings (SSSR count). The lowest BCUT2D eigenvalue weighted by Gasteiger charge is -2.11. The first-order valence-electron chi connectivity index (χ1n) is 9.12. The molecule has 0 saturated carbocycles. The van der Waals surface area contributed by atoms with Gasteiger partial charge >= 0.3 is 0 Å². The van der Waals surface area contributed by atoms with E-state index in [4.69, 9.17) is 17.3 Å². The topological polar surface area (TPSA) is 26.0 Å². The van der Waals surface area contributed by atoms with E-state index in [0.29, 0.717) is 6.04 Å². The first kappa shape index (κ1) is 24.0. The summed E-state index contributed by atoms with van der Waals surface area (Å²) in [5.74, 6) is 0.810. The molecule has 0 bridgehead atoms. The molecule has 0 aromatic carbocycles. The Morgan fingerprint density at radius 2 is 1.05 bits per heavy atom. The molecule has 0 aliphatic rings. The van der Waals surface area contributed by atoms with Crippen molar-refractivity contribution in [2.45, 2.75) is 109 Å². The summed E-state index contributed by atoms with van der Waals surface area (Å²) in [6, 6.07) is 0.440. The van der Waals surface area contributed by atoms with Crippen molar-refractivity contribution in [3.63, 3.8) is 0 Å². The number of hydrogen-bond donors (Lipinski definition) is 1. The Balaban J connectivity index is 0. The van der Waals surface area contributed by atoms with Crippen LogP contribution in [-0.4, -0.2) is 11.9 Å². The fourth-order valence-electron chi connectivity index (χ4n) is 2.72. The number of nitrogens with two attached hydrogens (primary N) is 1. The van der Waals surface area contributed by atoms with Crippen molar-refractivity contribution in [2.75, 3.05) is 5.88 Å². The largest absolute Gasteiger partial charge is 0.328 e. The van der Waals surface area contributed by atoms with E-state index in [1.54, 1.807) is 0 Å². The van der Waals surface area contributed by atoms with Crippen LogP contribution in [0.25, 0.3) is 0 Å². The van der Waals surface area contributed by atoms with E-state index >= 15 is 0 Å². The predicted octanol–water partition coefficient (Wildman–Crippen LogP) is 7.00. The van der Waals surface area contributed by atoms with Crippen LogP contribution in [0.4, 0.5) is 0 Å². The summed E-state index contributed by atoms with van der Waals surface area (Å²) in [5.41, 5.74) is 6.16. The van der Waals surface area contributed by atoms with E-state index in [-0.39, 0.29) is 17.0 Å². The molecular weight excluding hydrogens is 346 g/mol. The van der Waals surface area contributed by atoms with Gasteiger partial charge in [0.05, 0.1) is 0 Å². The van der Waals surface area contributed by atoms with Crippen LogP contribution in [0.3, 0.4) is 0 Å². The minimum Gasteiger partial charge on any atom is -0.328 e. The molecule has 0 aromatic rings. The zero-order valence-electron chi connectivity index (χ0n) is 14.3. The molecule has 0 radical (unpaired) electrons. The van der Waals surface area contributed by atoms with Gasteiger partial charge in [-0.05, 0) is 19.3 Å². The highest BCUT2D eigenvalue weighted by molar-refractivity contribution is 8.93. The first-order valence-corrected chi connectivity index (χ1v) is 9.66. The van der Waals surface area contributed by atoms with Gasteiger partial charge in [0.1, 0.15) is 0 Å². The van der Waals surface area contributed by atoms with Gasteiger partial charge in [-0.15, -0.1) is 28.6 Å². The third-order valence-electron chi connectivity index (χ3n) is 4.14. The summed E-state index contributed by atoms with van der Waals surface area (Å²) >= 11 is 5.66. The molecule has 0 aliphatic heterocycles. The summed E-state index contributed by atoms with van der Waals surface area (Å²) < 4.78 is 0. The maximum absolute atomic E-state index is 6.16. The zero-order chi connectivity index (χ0) is 14.9. The number of alkyl halides is 1. The number of halogens is 2. The van der Waals surface area contributed by atoms with Crippen molar-refractivity contribution in [3.05, 3.63) is 0 Å². The van der Waals surface area contributed by atoms with E-state index in [1.807, 2.05) is 0 Å². The average molecular weight is 385 g/mol. The molecule has 0 heterocycles. The molecule has 0 aromatic heterocycles. The zero-order valence-corrected chi connectivity index (χ0v) is 16.7. The second-order valence-electron chi connectivity index (χ2n) is 6.27. The lowest BCUT2D eigenvalue weighted by atomic mass is 10.0. The SMILES string of the molecule is Br.CCCCCCCCCCCC(N)CCCCCCCl. The third kappa shape index (κ3) is 20.7. The smallest absolute Gasteiger partial charge is 0.0223 e. The van der Waals surface area contributed by atoms with Gasteiger partial charge in [-0.3, -0.25) is 0 Å². The molecule has 1 unspecified atom stereocenters. The molecule has 1 nitrogen and oxygen atoms in total. The summed E-state index contributed by atoms with van der Waals surface area (Å²) in [6.45, 7) is 2.28. The van der Waals surface area contributed by atoms with Gasteiger partial charge in [-0.1, -0.05) is 84.0 Å². The van der Waals surface area contributed by atoms with Gasteiger partial charge in [-0.25, -0.2) is 0 Å². The molecular formula is C18H39BrClN. The van der Waals surface area contributed by atoms with Crippen LogP contribution in [0.1, 0.15) is 103 Å². The molecule has 1 atom stereocenters. The van der Waals surface area contributed by atoms with Crippen molar-refractivity contribution in [1.29, 1.82) is 0 Å². The van der Waals surface area contributed by atoms with Crippen LogP contribution in [0, 0.1) is 0 Å². The van der Waals surface area contributed by atoms with Crippen LogP contribution >= 0.6 is 28.6 Å². The highest BCUT2D eigenvalue weighted by Gasteiger charge is 2.02. The fourth-order valence-corrected chi connectivity index (χ4v) is 2.91. The monoisotopic (exact) mass is 383 g/mol. The van der Waals surface area contributed by atoms with Crippen molar-refractivity contribution in [2.24, 2.45) is 5.73 Å². The number of unbranched alkanes of at least 4 members (excludes halogenated alkanes) is 11. The highest BCUT2D eigenvalue weighted by Crippen LogP contribution is 2.13. The van der Waals surface area contributed by atoms with Crippen molar-refractivity contribution in [1.82, 2.24) is 0 Å². The Kier molecular flexibility index (Phi) is 23.7. The first-order chi connectivity index (χ1) is 9.81. The standard InChI is InChI=1S/C18H38ClN.BrH/c1-2-3-4-5-6-7-8-9-12-15-18(20)16-13-10-11-14-17-19;/h18H,2-17,20H2,1H3;1H. The molecule has 130 valence electrons. The lowest BCUT2D eigenvalue weighted by molar-refractivity contribution is 0.485. The predicted molar refractivity (Wildman–Crippen MR) is 104 cm³/mol. The molecule has 0 spiro atoms. The lowest BCUT2D eigenvalue weighted by Crippen LogP contribution is -2.19. The van der Waals surface area contributed by atoms with Crippen molar-refractivity contribution in [3.8, 4) is 0 Å². The van der Waals surface area contributed by atoms with Crippen molar-refractivity contribution < 1.29 is 0 Å². The van der Waals surface area contributed by atoms with Gasteiger partial charge in [0, 0.05) is 11.9 Å². The van der Waals surface area contributed by atoms with Gasteiger partial charge in [0.2, 0.25) is 0 Å². The van der Waals surface area contributed by atoms with Crippen LogP contribution in [0.15, 0.2) is 0 Å². The van der Waals surface area contributed by atoms with E-state index in [9.17, 15) is 0 Å². The summed E-state index contributed by atoms with van der Waals surface area (Å²) in [6.07, 6.45) is 20.1. The quantitative estimate of drug-likeness (QED) is 0.225. The number of rotatable bonds is 16. The summed E-state index contributed by atoms with van der Waals surface area (Å²) in [5, 5.41) is 0.